The van der Waals surface area contributed by atoms with Crippen molar-refractivity contribution in [1.82, 2.24) is 4.98 Å². The molecule has 0 amide bonds. The number of nitrogens with zero attached hydrogens (tertiary/aromatic N) is 1. The van der Waals surface area contributed by atoms with Gasteiger partial charge in [0, 0.05) is 29.5 Å². The molecule has 0 saturated heterocycles. The number of alkyl halides is 2. The summed E-state index contributed by atoms with van der Waals surface area (Å²) in [4.78, 5) is 4.37. The monoisotopic (exact) mass is 281 g/mol. The molecular formula is C15H17F2NS. The molecule has 0 aliphatic rings. The first kappa shape index (κ1) is 14.1. The zero-order valence-corrected chi connectivity index (χ0v) is 11.9. The fraction of sp³-hybridized carbons (Fsp3) is 0.400. The molecule has 0 aliphatic heterocycles. The number of aromatic nitrogens is 1. The van der Waals surface area contributed by atoms with Gasteiger partial charge >= 0.3 is 0 Å². The Bertz CT molecular complexity index is 549. The van der Waals surface area contributed by atoms with Crippen LogP contribution in [0.4, 0.5) is 8.78 Å². The van der Waals surface area contributed by atoms with Crippen LogP contribution >= 0.6 is 11.3 Å². The van der Waals surface area contributed by atoms with E-state index in [2.05, 4.69) is 4.98 Å². The third kappa shape index (κ3) is 3.60. The van der Waals surface area contributed by atoms with E-state index in [4.69, 9.17) is 0 Å². The highest BCUT2D eigenvalue weighted by Crippen LogP contribution is 2.33. The molecule has 102 valence electrons. The van der Waals surface area contributed by atoms with Gasteiger partial charge in [0.05, 0.1) is 5.01 Å². The molecule has 1 heterocycles. The molecular weight excluding hydrogens is 264 g/mol. The molecule has 0 fully saturated rings. The smallest absolute Gasteiger partial charge is 0.246 e. The van der Waals surface area contributed by atoms with Gasteiger partial charge in [-0.25, -0.2) is 13.8 Å². The summed E-state index contributed by atoms with van der Waals surface area (Å²) < 4.78 is 27.7. The van der Waals surface area contributed by atoms with Crippen molar-refractivity contribution in [2.75, 3.05) is 0 Å². The summed E-state index contributed by atoms with van der Waals surface area (Å²) >= 11 is 1.57. The van der Waals surface area contributed by atoms with Crippen LogP contribution in [0.3, 0.4) is 0 Å². The Morgan fingerprint density at radius 3 is 2.74 bits per heavy atom. The third-order valence-corrected chi connectivity index (χ3v) is 3.90. The molecule has 0 aliphatic carbocycles. The number of thiazole rings is 1. The molecule has 0 N–H and O–H groups in total. The summed E-state index contributed by atoms with van der Waals surface area (Å²) in [5, 5.41) is 2.94. The number of aryl methyl sites for hydroxylation is 1. The molecule has 0 atom stereocenters. The van der Waals surface area contributed by atoms with E-state index >= 15 is 0 Å². The summed E-state index contributed by atoms with van der Waals surface area (Å²) in [6.07, 6.45) is 0.990. The normalized spacial score (nSPS) is 11.8. The number of halogens is 2. The van der Waals surface area contributed by atoms with Crippen molar-refractivity contribution in [3.05, 3.63) is 51.5 Å². The first-order chi connectivity index (χ1) is 9.01. The predicted octanol–water partition coefficient (Wildman–Crippen LogP) is 4.93. The van der Waals surface area contributed by atoms with E-state index in [1.54, 1.807) is 30.4 Å². The molecule has 1 aromatic heterocycles. The zero-order valence-electron chi connectivity index (χ0n) is 11.1. The third-order valence-electron chi connectivity index (χ3n) is 2.94. The fourth-order valence-electron chi connectivity index (χ4n) is 2.03. The Kier molecular flexibility index (Phi) is 4.30. The quantitative estimate of drug-likeness (QED) is 0.757. The van der Waals surface area contributed by atoms with Crippen LogP contribution in [0.25, 0.3) is 0 Å². The lowest BCUT2D eigenvalue weighted by Gasteiger charge is -2.16. The first-order valence-electron chi connectivity index (χ1n) is 6.39. The summed E-state index contributed by atoms with van der Waals surface area (Å²) in [6, 6.07) is 6.69. The van der Waals surface area contributed by atoms with Crippen molar-refractivity contribution in [3.63, 3.8) is 0 Å². The van der Waals surface area contributed by atoms with Gasteiger partial charge in [-0.05, 0) is 18.6 Å². The lowest BCUT2D eigenvalue weighted by molar-refractivity contribution is -0.0140. The molecule has 4 heteroatoms. The fourth-order valence-corrected chi connectivity index (χ4v) is 2.83. The SMILES string of the molecule is CCCC(F)(F)c1cccc(Cc2nc(C)cs2)c1. The average Bonchev–Trinajstić information content (AvgIpc) is 2.75. The largest absolute Gasteiger partial charge is 0.273 e. The highest BCUT2D eigenvalue weighted by molar-refractivity contribution is 7.09. The molecule has 2 rings (SSSR count). The van der Waals surface area contributed by atoms with E-state index < -0.39 is 5.92 Å². The van der Waals surface area contributed by atoms with Gasteiger partial charge in [0.15, 0.2) is 0 Å². The average molecular weight is 281 g/mol. The van der Waals surface area contributed by atoms with Crippen molar-refractivity contribution in [2.45, 2.75) is 39.0 Å². The van der Waals surface area contributed by atoms with Crippen molar-refractivity contribution in [1.29, 1.82) is 0 Å². The number of hydrogen-bond donors (Lipinski definition) is 0. The second-order valence-electron chi connectivity index (χ2n) is 4.71. The van der Waals surface area contributed by atoms with Gasteiger partial charge in [0.2, 0.25) is 0 Å². The Labute approximate surface area is 116 Å². The maximum Gasteiger partial charge on any atom is 0.273 e. The number of hydrogen-bond acceptors (Lipinski definition) is 2. The minimum Gasteiger partial charge on any atom is -0.246 e. The predicted molar refractivity (Wildman–Crippen MR) is 74.9 cm³/mol. The van der Waals surface area contributed by atoms with E-state index in [-0.39, 0.29) is 12.0 Å². The van der Waals surface area contributed by atoms with Crippen LogP contribution in [0.5, 0.6) is 0 Å². The Morgan fingerprint density at radius 1 is 1.32 bits per heavy atom. The second-order valence-corrected chi connectivity index (χ2v) is 5.66. The van der Waals surface area contributed by atoms with Crippen LogP contribution < -0.4 is 0 Å². The van der Waals surface area contributed by atoms with Gasteiger partial charge in [-0.1, -0.05) is 31.5 Å². The highest BCUT2D eigenvalue weighted by atomic mass is 32.1. The molecule has 1 aromatic carbocycles. The van der Waals surface area contributed by atoms with Gasteiger partial charge < -0.3 is 0 Å². The standard InChI is InChI=1S/C15H17F2NS/c1-3-7-15(16,17)13-6-4-5-12(8-13)9-14-18-11(2)10-19-14/h4-6,8,10H,3,7,9H2,1-2H3. The molecule has 0 bridgehead atoms. The molecule has 19 heavy (non-hydrogen) atoms. The summed E-state index contributed by atoms with van der Waals surface area (Å²) in [7, 11) is 0. The van der Waals surface area contributed by atoms with Crippen LogP contribution in [0.15, 0.2) is 29.6 Å². The number of rotatable bonds is 5. The van der Waals surface area contributed by atoms with E-state index in [9.17, 15) is 8.78 Å². The van der Waals surface area contributed by atoms with Gasteiger partial charge in [-0.2, -0.15) is 0 Å². The highest BCUT2D eigenvalue weighted by Gasteiger charge is 2.30. The van der Waals surface area contributed by atoms with Crippen molar-refractivity contribution in [3.8, 4) is 0 Å². The Balaban J connectivity index is 2.19. The summed E-state index contributed by atoms with van der Waals surface area (Å²) in [5.74, 6) is -2.73. The van der Waals surface area contributed by atoms with Gasteiger partial charge in [0.25, 0.3) is 5.92 Å². The molecule has 1 nitrogen and oxygen atoms in total. The van der Waals surface area contributed by atoms with E-state index in [1.165, 1.54) is 6.07 Å². The molecule has 0 unspecified atom stereocenters. The van der Waals surface area contributed by atoms with Crippen LogP contribution in [-0.2, 0) is 12.3 Å². The number of benzene rings is 1. The topological polar surface area (TPSA) is 12.9 Å². The zero-order chi connectivity index (χ0) is 13.9. The van der Waals surface area contributed by atoms with E-state index in [0.29, 0.717) is 12.8 Å². The maximum absolute atomic E-state index is 13.9. The summed E-state index contributed by atoms with van der Waals surface area (Å²) in [6.45, 7) is 3.71. The second kappa shape index (κ2) is 5.78. The van der Waals surface area contributed by atoms with Gasteiger partial charge in [0.1, 0.15) is 0 Å². The van der Waals surface area contributed by atoms with Crippen LogP contribution in [0, 0.1) is 6.92 Å². The maximum atomic E-state index is 13.9. The molecule has 0 saturated carbocycles. The first-order valence-corrected chi connectivity index (χ1v) is 7.27. The lowest BCUT2D eigenvalue weighted by atomic mass is 10.0. The van der Waals surface area contributed by atoms with Crippen molar-refractivity contribution < 1.29 is 8.78 Å². The van der Waals surface area contributed by atoms with Crippen molar-refractivity contribution in [2.24, 2.45) is 0 Å². The summed E-state index contributed by atoms with van der Waals surface area (Å²) in [5.41, 5.74) is 1.98. The van der Waals surface area contributed by atoms with Crippen molar-refractivity contribution >= 4 is 11.3 Å². The molecule has 0 spiro atoms. The van der Waals surface area contributed by atoms with Gasteiger partial charge in [-0.15, -0.1) is 11.3 Å². The Morgan fingerprint density at radius 2 is 2.11 bits per heavy atom. The van der Waals surface area contributed by atoms with Crippen LogP contribution in [0.2, 0.25) is 0 Å². The lowest BCUT2D eigenvalue weighted by Crippen LogP contribution is -2.13. The molecule has 0 radical (unpaired) electrons. The van der Waals surface area contributed by atoms with Crippen LogP contribution in [0.1, 0.15) is 41.6 Å². The molecule has 2 aromatic rings. The minimum absolute atomic E-state index is 0.104. The van der Waals surface area contributed by atoms with E-state index in [1.807, 2.05) is 18.4 Å². The van der Waals surface area contributed by atoms with Gasteiger partial charge in [-0.3, -0.25) is 0 Å². The Hall–Kier alpha value is -1.29. The van der Waals surface area contributed by atoms with E-state index in [0.717, 1.165) is 16.3 Å². The minimum atomic E-state index is -2.73. The van der Waals surface area contributed by atoms with Crippen LogP contribution in [-0.4, -0.2) is 4.98 Å².